The van der Waals surface area contributed by atoms with Gasteiger partial charge in [-0.05, 0) is 42.7 Å². The van der Waals surface area contributed by atoms with Gasteiger partial charge in [0.15, 0.2) is 5.82 Å². The average molecular weight is 277 g/mol. The lowest BCUT2D eigenvalue weighted by Gasteiger charge is -2.18. The normalized spacial score (nSPS) is 20.2. The summed E-state index contributed by atoms with van der Waals surface area (Å²) in [6.45, 7) is 2.07. The minimum absolute atomic E-state index is 0.119. The van der Waals surface area contributed by atoms with Crippen molar-refractivity contribution in [1.82, 2.24) is 10.1 Å². The van der Waals surface area contributed by atoms with Gasteiger partial charge >= 0.3 is 0 Å². The maximum Gasteiger partial charge on any atom is 0.234 e. The van der Waals surface area contributed by atoms with E-state index in [1.54, 1.807) is 0 Å². The predicted molar refractivity (Wildman–Crippen MR) is 75.4 cm³/mol. The van der Waals surface area contributed by atoms with Crippen LogP contribution in [-0.2, 0) is 12.8 Å². The summed E-state index contributed by atoms with van der Waals surface area (Å²) in [5.41, 5.74) is 7.31. The minimum atomic E-state index is 0.119. The molecule has 1 aliphatic carbocycles. The summed E-state index contributed by atoms with van der Waals surface area (Å²) in [4.78, 5) is 6.02. The molecule has 4 nitrogen and oxygen atoms in total. The van der Waals surface area contributed by atoms with E-state index < -0.39 is 0 Å². The molecule has 2 atom stereocenters. The molecule has 0 saturated heterocycles. The van der Waals surface area contributed by atoms with Crippen LogP contribution in [0.25, 0.3) is 0 Å². The van der Waals surface area contributed by atoms with Crippen LogP contribution in [0.1, 0.15) is 54.3 Å². The van der Waals surface area contributed by atoms with Gasteiger partial charge in [0, 0.05) is 17.3 Å². The summed E-state index contributed by atoms with van der Waals surface area (Å²) in [5.74, 6) is 1.79. The maximum atomic E-state index is 5.93. The number of thiophene rings is 1. The maximum absolute atomic E-state index is 5.93. The van der Waals surface area contributed by atoms with Crippen LogP contribution in [0.4, 0.5) is 0 Å². The van der Waals surface area contributed by atoms with Crippen molar-refractivity contribution in [2.45, 2.75) is 51.0 Å². The fraction of sp³-hybridized carbons (Fsp3) is 0.571. The van der Waals surface area contributed by atoms with Crippen molar-refractivity contribution in [2.24, 2.45) is 5.73 Å². The van der Waals surface area contributed by atoms with Crippen molar-refractivity contribution < 1.29 is 4.52 Å². The molecule has 0 fully saturated rings. The van der Waals surface area contributed by atoms with Crippen molar-refractivity contribution in [2.75, 3.05) is 0 Å². The van der Waals surface area contributed by atoms with E-state index in [1.165, 1.54) is 23.3 Å². The van der Waals surface area contributed by atoms with Gasteiger partial charge in [-0.3, -0.25) is 0 Å². The number of aryl methyl sites for hydroxylation is 1. The third kappa shape index (κ3) is 2.58. The van der Waals surface area contributed by atoms with Crippen LogP contribution in [0.5, 0.6) is 0 Å². The quantitative estimate of drug-likeness (QED) is 0.933. The molecule has 0 amide bonds. The molecule has 0 aliphatic heterocycles. The molecule has 2 aromatic rings. The number of rotatable bonds is 4. The van der Waals surface area contributed by atoms with Crippen molar-refractivity contribution in [3.63, 3.8) is 0 Å². The van der Waals surface area contributed by atoms with E-state index in [9.17, 15) is 0 Å². The summed E-state index contributed by atoms with van der Waals surface area (Å²) in [6, 6.07) is 2.32. The molecule has 3 rings (SSSR count). The Morgan fingerprint density at radius 2 is 2.47 bits per heavy atom. The van der Waals surface area contributed by atoms with Crippen LogP contribution in [0.2, 0.25) is 0 Å². The lowest BCUT2D eigenvalue weighted by molar-refractivity contribution is 0.350. The van der Waals surface area contributed by atoms with Crippen LogP contribution in [0.3, 0.4) is 0 Å². The summed E-state index contributed by atoms with van der Waals surface area (Å²) in [6.07, 6.45) is 5.12. The molecule has 2 heterocycles. The monoisotopic (exact) mass is 277 g/mol. The van der Waals surface area contributed by atoms with E-state index in [4.69, 9.17) is 10.3 Å². The Morgan fingerprint density at radius 1 is 1.58 bits per heavy atom. The van der Waals surface area contributed by atoms with Gasteiger partial charge in [0.2, 0.25) is 5.89 Å². The first-order valence-corrected chi connectivity index (χ1v) is 7.80. The largest absolute Gasteiger partial charge is 0.339 e. The van der Waals surface area contributed by atoms with Gasteiger partial charge in [0.05, 0.1) is 5.92 Å². The number of nitrogens with two attached hydrogens (primary N) is 1. The van der Waals surface area contributed by atoms with Crippen LogP contribution < -0.4 is 5.73 Å². The second kappa shape index (κ2) is 5.43. The molecule has 0 saturated carbocycles. The molecule has 2 unspecified atom stereocenters. The SMILES string of the molecule is CCC(N)Cc1noc(C2CCCc3sccc32)n1. The Kier molecular flexibility index (Phi) is 3.66. The van der Waals surface area contributed by atoms with Gasteiger partial charge in [0.25, 0.3) is 0 Å². The fourth-order valence-electron chi connectivity index (χ4n) is 2.61. The highest BCUT2D eigenvalue weighted by atomic mass is 32.1. The summed E-state index contributed by atoms with van der Waals surface area (Å²) < 4.78 is 5.46. The van der Waals surface area contributed by atoms with Crippen LogP contribution in [0, 0.1) is 0 Å². The highest BCUT2D eigenvalue weighted by Gasteiger charge is 2.27. The lowest BCUT2D eigenvalue weighted by Crippen LogP contribution is -2.22. The van der Waals surface area contributed by atoms with Gasteiger partial charge in [0.1, 0.15) is 0 Å². The Labute approximate surface area is 117 Å². The highest BCUT2D eigenvalue weighted by Crippen LogP contribution is 2.38. The molecule has 0 radical (unpaired) electrons. The first kappa shape index (κ1) is 12.8. The van der Waals surface area contributed by atoms with Crippen molar-refractivity contribution in [1.29, 1.82) is 0 Å². The number of nitrogens with zero attached hydrogens (tertiary/aromatic N) is 2. The van der Waals surface area contributed by atoms with E-state index in [0.29, 0.717) is 6.42 Å². The van der Waals surface area contributed by atoms with Gasteiger partial charge in [-0.1, -0.05) is 12.1 Å². The van der Waals surface area contributed by atoms with Gasteiger partial charge in [-0.15, -0.1) is 11.3 Å². The summed E-state index contributed by atoms with van der Waals surface area (Å²) in [7, 11) is 0. The van der Waals surface area contributed by atoms with Crippen molar-refractivity contribution in [3.05, 3.63) is 33.6 Å². The van der Waals surface area contributed by atoms with Crippen LogP contribution in [-0.4, -0.2) is 16.2 Å². The zero-order valence-corrected chi connectivity index (χ0v) is 11.9. The Morgan fingerprint density at radius 3 is 3.32 bits per heavy atom. The van der Waals surface area contributed by atoms with E-state index in [2.05, 4.69) is 28.5 Å². The highest BCUT2D eigenvalue weighted by molar-refractivity contribution is 7.10. The first-order chi connectivity index (χ1) is 9.28. The Bertz CT molecular complexity index is 548. The molecule has 2 N–H and O–H groups in total. The second-order valence-corrected chi connectivity index (χ2v) is 6.17. The zero-order chi connectivity index (χ0) is 13.2. The molecule has 1 aliphatic rings. The summed E-state index contributed by atoms with van der Waals surface area (Å²) in [5, 5.41) is 6.23. The minimum Gasteiger partial charge on any atom is -0.339 e. The molecule has 2 aromatic heterocycles. The van der Waals surface area contributed by atoms with E-state index in [0.717, 1.165) is 24.6 Å². The second-order valence-electron chi connectivity index (χ2n) is 5.17. The number of hydrogen-bond acceptors (Lipinski definition) is 5. The first-order valence-electron chi connectivity index (χ1n) is 6.92. The predicted octanol–water partition coefficient (Wildman–Crippen LogP) is 2.88. The topological polar surface area (TPSA) is 64.9 Å². The van der Waals surface area contributed by atoms with E-state index >= 15 is 0 Å². The summed E-state index contributed by atoms with van der Waals surface area (Å²) >= 11 is 1.84. The third-order valence-corrected chi connectivity index (χ3v) is 4.80. The number of hydrogen-bond donors (Lipinski definition) is 1. The average Bonchev–Trinajstić information content (AvgIpc) is 3.06. The van der Waals surface area contributed by atoms with E-state index in [-0.39, 0.29) is 12.0 Å². The molecule has 0 bridgehead atoms. The molecule has 19 heavy (non-hydrogen) atoms. The van der Waals surface area contributed by atoms with E-state index in [1.807, 2.05) is 11.3 Å². The molecule has 5 heteroatoms. The number of fused-ring (bicyclic) bond motifs is 1. The Balaban J connectivity index is 1.81. The molecule has 102 valence electrons. The standard InChI is InChI=1S/C14H19N3OS/c1-2-9(15)8-13-16-14(18-17-13)11-4-3-5-12-10(11)6-7-19-12/h6-7,9,11H,2-5,8,15H2,1H3. The van der Waals surface area contributed by atoms with Gasteiger partial charge in [-0.25, -0.2) is 0 Å². The fourth-order valence-corrected chi connectivity index (χ4v) is 3.60. The van der Waals surface area contributed by atoms with Gasteiger partial charge in [-0.2, -0.15) is 4.98 Å². The number of aromatic nitrogens is 2. The van der Waals surface area contributed by atoms with Gasteiger partial charge < -0.3 is 10.3 Å². The molecular formula is C14H19N3OS. The van der Waals surface area contributed by atoms with Crippen LogP contribution >= 0.6 is 11.3 Å². The molecular weight excluding hydrogens is 258 g/mol. The van der Waals surface area contributed by atoms with Crippen molar-refractivity contribution in [3.8, 4) is 0 Å². The Hall–Kier alpha value is -1.20. The smallest absolute Gasteiger partial charge is 0.234 e. The van der Waals surface area contributed by atoms with Crippen molar-refractivity contribution >= 4 is 11.3 Å². The molecule has 0 spiro atoms. The molecule has 0 aromatic carbocycles. The van der Waals surface area contributed by atoms with Crippen LogP contribution in [0.15, 0.2) is 16.0 Å². The third-order valence-electron chi connectivity index (χ3n) is 3.80. The zero-order valence-electron chi connectivity index (χ0n) is 11.1. The lowest BCUT2D eigenvalue weighted by atomic mass is 9.88.